The molecule has 0 aliphatic rings. The molecule has 2 aromatic heterocycles. The molecule has 0 aliphatic carbocycles. The van der Waals surface area contributed by atoms with Gasteiger partial charge in [-0.25, -0.2) is 4.79 Å². The van der Waals surface area contributed by atoms with Gasteiger partial charge in [-0.2, -0.15) is 9.78 Å². The van der Waals surface area contributed by atoms with Gasteiger partial charge in [-0.05, 0) is 67.3 Å². The molecule has 0 saturated heterocycles. The Morgan fingerprint density at radius 3 is 2.26 bits per heavy atom. The van der Waals surface area contributed by atoms with E-state index in [9.17, 15) is 14.4 Å². The minimum absolute atomic E-state index is 0.0238. The number of hydrogen-bond acceptors (Lipinski definition) is 5. The monoisotopic (exact) mass is 455 g/mol. The van der Waals surface area contributed by atoms with Gasteiger partial charge in [0.2, 0.25) is 5.69 Å². The molecular formula is C26H25N5O3. The van der Waals surface area contributed by atoms with Gasteiger partial charge in [0.1, 0.15) is 0 Å². The Morgan fingerprint density at radius 1 is 0.882 bits per heavy atom. The van der Waals surface area contributed by atoms with E-state index in [0.717, 1.165) is 37.1 Å². The highest BCUT2D eigenvalue weighted by Crippen LogP contribution is 2.12. The van der Waals surface area contributed by atoms with Crippen molar-refractivity contribution in [3.8, 4) is 5.69 Å². The molecule has 4 aromatic rings. The van der Waals surface area contributed by atoms with Gasteiger partial charge < -0.3 is 5.32 Å². The third-order valence-electron chi connectivity index (χ3n) is 5.67. The van der Waals surface area contributed by atoms with Crippen LogP contribution in [0.4, 0.5) is 0 Å². The maximum atomic E-state index is 13.3. The number of pyridine rings is 1. The van der Waals surface area contributed by atoms with Gasteiger partial charge in [0, 0.05) is 18.9 Å². The molecule has 34 heavy (non-hydrogen) atoms. The Bertz CT molecular complexity index is 1460. The highest BCUT2D eigenvalue weighted by atomic mass is 16.2. The number of amides is 1. The van der Waals surface area contributed by atoms with Gasteiger partial charge in [0.05, 0.1) is 12.2 Å². The van der Waals surface area contributed by atoms with Crippen molar-refractivity contribution in [2.75, 3.05) is 0 Å². The lowest BCUT2D eigenvalue weighted by molar-refractivity contribution is 0.0941. The van der Waals surface area contributed by atoms with E-state index in [1.54, 1.807) is 30.6 Å². The first kappa shape index (κ1) is 22.8. The molecule has 0 spiro atoms. The van der Waals surface area contributed by atoms with Gasteiger partial charge in [0.25, 0.3) is 11.5 Å². The summed E-state index contributed by atoms with van der Waals surface area (Å²) < 4.78 is 2.16. The highest BCUT2D eigenvalue weighted by molar-refractivity contribution is 5.91. The lowest BCUT2D eigenvalue weighted by Gasteiger charge is -2.13. The van der Waals surface area contributed by atoms with Crippen LogP contribution in [0.3, 0.4) is 0 Å². The van der Waals surface area contributed by atoms with Crippen molar-refractivity contribution in [3.05, 3.63) is 121 Å². The normalized spacial score (nSPS) is 10.8. The molecule has 4 rings (SSSR count). The zero-order valence-corrected chi connectivity index (χ0v) is 19.3. The molecule has 0 atom stereocenters. The summed E-state index contributed by atoms with van der Waals surface area (Å²) in [5.74, 6) is -0.656. The number of aryl methyl sites for hydroxylation is 3. The van der Waals surface area contributed by atoms with E-state index in [1.165, 1.54) is 0 Å². The standard InChI is InChI=1S/C26H25N5O3/c1-17-4-7-21(8-5-17)16-30-25(33)23(24(32)28-15-20-10-12-27-13-11-20)29-31(26(30)34)22-9-6-18(2)19(3)14-22/h4-14H,15-16H2,1-3H3,(H,28,32). The zero-order valence-electron chi connectivity index (χ0n) is 19.3. The summed E-state index contributed by atoms with van der Waals surface area (Å²) in [6.07, 6.45) is 3.24. The van der Waals surface area contributed by atoms with Crippen molar-refractivity contribution in [2.45, 2.75) is 33.9 Å². The van der Waals surface area contributed by atoms with Gasteiger partial charge >= 0.3 is 5.69 Å². The largest absolute Gasteiger partial charge is 0.352 e. The number of rotatable bonds is 6. The summed E-state index contributed by atoms with van der Waals surface area (Å²) in [4.78, 5) is 43.5. The van der Waals surface area contributed by atoms with Crippen LogP contribution >= 0.6 is 0 Å². The Labute approximate surface area is 196 Å². The quantitative estimate of drug-likeness (QED) is 0.482. The number of aromatic nitrogens is 4. The molecule has 1 N–H and O–H groups in total. The molecule has 172 valence electrons. The van der Waals surface area contributed by atoms with Crippen molar-refractivity contribution < 1.29 is 4.79 Å². The van der Waals surface area contributed by atoms with Crippen LogP contribution in [0, 0.1) is 20.8 Å². The fourth-order valence-corrected chi connectivity index (χ4v) is 3.46. The molecule has 2 aromatic carbocycles. The van der Waals surface area contributed by atoms with Crippen LogP contribution in [-0.2, 0) is 13.1 Å². The summed E-state index contributed by atoms with van der Waals surface area (Å²) >= 11 is 0. The maximum Gasteiger partial charge on any atom is 0.352 e. The Hall–Kier alpha value is -4.33. The number of benzene rings is 2. The van der Waals surface area contributed by atoms with Gasteiger partial charge in [-0.15, -0.1) is 0 Å². The summed E-state index contributed by atoms with van der Waals surface area (Å²) in [7, 11) is 0. The summed E-state index contributed by atoms with van der Waals surface area (Å²) in [5, 5.41) is 6.90. The molecule has 1 amide bonds. The van der Waals surface area contributed by atoms with Crippen molar-refractivity contribution >= 4 is 5.91 Å². The smallest absolute Gasteiger partial charge is 0.346 e. The van der Waals surface area contributed by atoms with E-state index >= 15 is 0 Å². The lowest BCUT2D eigenvalue weighted by Crippen LogP contribution is -2.46. The number of nitrogens with one attached hydrogen (secondary N) is 1. The number of hydrogen-bond donors (Lipinski definition) is 1. The minimum Gasteiger partial charge on any atom is -0.346 e. The van der Waals surface area contributed by atoms with Gasteiger partial charge in [-0.3, -0.25) is 19.1 Å². The first-order chi connectivity index (χ1) is 16.3. The first-order valence-corrected chi connectivity index (χ1v) is 10.9. The lowest BCUT2D eigenvalue weighted by atomic mass is 10.1. The molecule has 0 radical (unpaired) electrons. The second-order valence-electron chi connectivity index (χ2n) is 8.23. The summed E-state index contributed by atoms with van der Waals surface area (Å²) in [6, 6.07) is 16.5. The van der Waals surface area contributed by atoms with E-state index in [1.807, 2.05) is 57.2 Å². The van der Waals surface area contributed by atoms with Crippen LogP contribution in [-0.4, -0.2) is 25.2 Å². The van der Waals surface area contributed by atoms with E-state index in [4.69, 9.17) is 0 Å². The van der Waals surface area contributed by atoms with Crippen LogP contribution in [0.5, 0.6) is 0 Å². The third-order valence-corrected chi connectivity index (χ3v) is 5.67. The average Bonchev–Trinajstić information content (AvgIpc) is 2.84. The van der Waals surface area contributed by atoms with Crippen LogP contribution in [0.25, 0.3) is 5.69 Å². The molecular weight excluding hydrogens is 430 g/mol. The molecule has 0 saturated carbocycles. The Morgan fingerprint density at radius 2 is 1.59 bits per heavy atom. The molecule has 8 nitrogen and oxygen atoms in total. The summed E-state index contributed by atoms with van der Waals surface area (Å²) in [5.41, 5.74) is 3.46. The van der Waals surface area contributed by atoms with Crippen molar-refractivity contribution in [1.29, 1.82) is 0 Å². The van der Waals surface area contributed by atoms with E-state index in [-0.39, 0.29) is 18.8 Å². The zero-order chi connectivity index (χ0) is 24.2. The SMILES string of the molecule is Cc1ccc(Cn2c(=O)c(C(=O)NCc3ccncc3)nn(-c3ccc(C)c(C)c3)c2=O)cc1. The molecule has 0 bridgehead atoms. The van der Waals surface area contributed by atoms with Crippen molar-refractivity contribution in [2.24, 2.45) is 0 Å². The Kier molecular flexibility index (Phi) is 6.49. The molecule has 0 unspecified atom stereocenters. The van der Waals surface area contributed by atoms with Crippen molar-refractivity contribution in [3.63, 3.8) is 0 Å². The van der Waals surface area contributed by atoms with Gasteiger partial charge in [0.15, 0.2) is 0 Å². The number of carbonyl (C=O) groups excluding carboxylic acids is 1. The second-order valence-corrected chi connectivity index (χ2v) is 8.23. The molecule has 0 aliphatic heterocycles. The number of nitrogens with zero attached hydrogens (tertiary/aromatic N) is 4. The van der Waals surface area contributed by atoms with Crippen molar-refractivity contribution in [1.82, 2.24) is 24.6 Å². The highest BCUT2D eigenvalue weighted by Gasteiger charge is 2.20. The predicted octanol–water partition coefficient (Wildman–Crippen LogP) is 2.69. The van der Waals surface area contributed by atoms with Crippen LogP contribution in [0.15, 0.2) is 76.6 Å². The average molecular weight is 456 g/mol. The third kappa shape index (κ3) is 4.85. The van der Waals surface area contributed by atoms with Crippen LogP contribution in [0.1, 0.15) is 38.3 Å². The fourth-order valence-electron chi connectivity index (χ4n) is 3.46. The Balaban J connectivity index is 1.80. The van der Waals surface area contributed by atoms with E-state index < -0.39 is 17.2 Å². The molecule has 0 fully saturated rings. The predicted molar refractivity (Wildman–Crippen MR) is 129 cm³/mol. The van der Waals surface area contributed by atoms with E-state index in [2.05, 4.69) is 15.4 Å². The molecule has 8 heteroatoms. The summed E-state index contributed by atoms with van der Waals surface area (Å²) in [6.45, 7) is 6.07. The minimum atomic E-state index is -0.738. The fraction of sp³-hybridized carbons (Fsp3) is 0.192. The molecule has 2 heterocycles. The first-order valence-electron chi connectivity index (χ1n) is 10.9. The maximum absolute atomic E-state index is 13.3. The van der Waals surface area contributed by atoms with E-state index in [0.29, 0.717) is 5.69 Å². The number of carbonyl (C=O) groups is 1. The topological polar surface area (TPSA) is 98.9 Å². The van der Waals surface area contributed by atoms with Crippen LogP contribution in [0.2, 0.25) is 0 Å². The second kappa shape index (κ2) is 9.66. The van der Waals surface area contributed by atoms with Crippen LogP contribution < -0.4 is 16.6 Å². The van der Waals surface area contributed by atoms with Gasteiger partial charge in [-0.1, -0.05) is 35.9 Å².